The van der Waals surface area contributed by atoms with Crippen molar-refractivity contribution in [1.29, 1.82) is 0 Å². The average molecular weight is 237 g/mol. The van der Waals surface area contributed by atoms with Crippen LogP contribution in [0.4, 0.5) is 0 Å². The van der Waals surface area contributed by atoms with Crippen molar-refractivity contribution >= 4 is 11.8 Å². The molecular formula is C13H19NOS. The smallest absolute Gasteiger partial charge is 0.127 e. The van der Waals surface area contributed by atoms with Crippen molar-refractivity contribution in [3.05, 3.63) is 17.8 Å². The van der Waals surface area contributed by atoms with Crippen molar-refractivity contribution in [3.8, 4) is 5.75 Å². The van der Waals surface area contributed by atoms with E-state index in [9.17, 15) is 0 Å². The average Bonchev–Trinajstić information content (AvgIpc) is 2.99. The topological polar surface area (TPSA) is 22.1 Å². The van der Waals surface area contributed by atoms with Crippen LogP contribution in [0.2, 0.25) is 0 Å². The first-order valence-electron chi connectivity index (χ1n) is 5.72. The van der Waals surface area contributed by atoms with Gasteiger partial charge in [-0.05, 0) is 30.6 Å². The van der Waals surface area contributed by atoms with Crippen LogP contribution in [0.25, 0.3) is 0 Å². The van der Waals surface area contributed by atoms with Gasteiger partial charge in [0.15, 0.2) is 0 Å². The highest BCUT2D eigenvalue weighted by Gasteiger charge is 2.29. The Balaban J connectivity index is 2.41. The van der Waals surface area contributed by atoms with Gasteiger partial charge < -0.3 is 4.74 Å². The number of hydrogen-bond donors (Lipinski definition) is 0. The molecule has 1 aliphatic carbocycles. The van der Waals surface area contributed by atoms with E-state index < -0.39 is 0 Å². The Morgan fingerprint density at radius 3 is 2.56 bits per heavy atom. The van der Waals surface area contributed by atoms with Gasteiger partial charge >= 0.3 is 0 Å². The molecule has 0 atom stereocenters. The van der Waals surface area contributed by atoms with Gasteiger partial charge in [0.25, 0.3) is 0 Å². The highest BCUT2D eigenvalue weighted by molar-refractivity contribution is 7.98. The van der Waals surface area contributed by atoms with E-state index in [2.05, 4.69) is 32.0 Å². The Kier molecular flexibility index (Phi) is 3.15. The van der Waals surface area contributed by atoms with Crippen LogP contribution in [0, 0.1) is 0 Å². The molecule has 0 bridgehead atoms. The minimum atomic E-state index is 0.0802. The Morgan fingerprint density at radius 2 is 2.06 bits per heavy atom. The second kappa shape index (κ2) is 4.28. The number of thioether (sulfide) groups is 1. The van der Waals surface area contributed by atoms with Gasteiger partial charge in [-0.2, -0.15) is 0 Å². The molecule has 3 heteroatoms. The van der Waals surface area contributed by atoms with Crippen LogP contribution in [0.3, 0.4) is 0 Å². The second-order valence-corrected chi connectivity index (χ2v) is 6.06. The second-order valence-electron chi connectivity index (χ2n) is 5.26. The van der Waals surface area contributed by atoms with Gasteiger partial charge in [-0.3, -0.25) is 0 Å². The predicted molar refractivity (Wildman–Crippen MR) is 68.4 cm³/mol. The van der Waals surface area contributed by atoms with Crippen molar-refractivity contribution in [2.75, 3.05) is 6.26 Å². The van der Waals surface area contributed by atoms with Crippen molar-refractivity contribution < 1.29 is 4.74 Å². The van der Waals surface area contributed by atoms with Crippen molar-refractivity contribution in [2.24, 2.45) is 0 Å². The molecule has 0 N–H and O–H groups in total. The predicted octanol–water partition coefficient (Wildman–Crippen LogP) is 3.64. The van der Waals surface area contributed by atoms with Crippen LogP contribution >= 0.6 is 11.8 Å². The number of pyridine rings is 1. The Morgan fingerprint density at radius 1 is 1.38 bits per heavy atom. The summed E-state index contributed by atoms with van der Waals surface area (Å²) >= 11 is 1.69. The summed E-state index contributed by atoms with van der Waals surface area (Å²) in [6.45, 7) is 6.64. The van der Waals surface area contributed by atoms with E-state index in [1.807, 2.05) is 12.3 Å². The van der Waals surface area contributed by atoms with E-state index in [0.29, 0.717) is 6.10 Å². The third kappa shape index (κ3) is 2.51. The van der Waals surface area contributed by atoms with E-state index in [-0.39, 0.29) is 5.41 Å². The van der Waals surface area contributed by atoms with Crippen LogP contribution in [0.15, 0.2) is 17.3 Å². The summed E-state index contributed by atoms with van der Waals surface area (Å²) in [5.41, 5.74) is 1.33. The molecule has 1 aromatic heterocycles. The Bertz CT molecular complexity index is 380. The zero-order valence-corrected chi connectivity index (χ0v) is 11.2. The molecule has 1 aliphatic rings. The van der Waals surface area contributed by atoms with Crippen LogP contribution in [0.1, 0.15) is 39.2 Å². The SMILES string of the molecule is CSc1nccc(OC2CC2)c1C(C)(C)C. The molecule has 0 unspecified atom stereocenters. The molecule has 2 nitrogen and oxygen atoms in total. The lowest BCUT2D eigenvalue weighted by Crippen LogP contribution is -2.16. The number of aromatic nitrogens is 1. The van der Waals surface area contributed by atoms with Gasteiger partial charge in [-0.1, -0.05) is 20.8 Å². The molecule has 88 valence electrons. The molecule has 1 heterocycles. The van der Waals surface area contributed by atoms with Gasteiger partial charge in [0.1, 0.15) is 10.8 Å². The first-order valence-corrected chi connectivity index (χ1v) is 6.95. The van der Waals surface area contributed by atoms with Crippen LogP contribution in [0.5, 0.6) is 5.75 Å². The molecule has 1 fully saturated rings. The van der Waals surface area contributed by atoms with Crippen LogP contribution in [-0.2, 0) is 5.41 Å². The molecule has 0 radical (unpaired) electrons. The standard InChI is InChI=1S/C13H19NOS/c1-13(2,3)11-10(15-9-5-6-9)7-8-14-12(11)16-4/h7-9H,5-6H2,1-4H3. The summed E-state index contributed by atoms with van der Waals surface area (Å²) in [7, 11) is 0. The number of hydrogen-bond acceptors (Lipinski definition) is 3. The maximum Gasteiger partial charge on any atom is 0.127 e. The third-order valence-corrected chi connectivity index (χ3v) is 3.34. The number of ether oxygens (including phenoxy) is 1. The molecule has 1 saturated carbocycles. The third-order valence-electron chi connectivity index (χ3n) is 2.64. The molecule has 0 aromatic carbocycles. The summed E-state index contributed by atoms with van der Waals surface area (Å²) in [5.74, 6) is 1.02. The molecule has 0 amide bonds. The van der Waals surface area contributed by atoms with Crippen molar-refractivity contribution in [3.63, 3.8) is 0 Å². The zero-order valence-electron chi connectivity index (χ0n) is 10.4. The van der Waals surface area contributed by atoms with Crippen molar-refractivity contribution in [2.45, 2.75) is 50.2 Å². The summed E-state index contributed by atoms with van der Waals surface area (Å²) in [6, 6.07) is 2.00. The van der Waals surface area contributed by atoms with E-state index in [1.54, 1.807) is 11.8 Å². The quantitative estimate of drug-likeness (QED) is 0.749. The van der Waals surface area contributed by atoms with Gasteiger partial charge in [0.2, 0.25) is 0 Å². The number of nitrogens with zero attached hydrogens (tertiary/aromatic N) is 1. The fourth-order valence-corrected chi connectivity index (χ4v) is 2.51. The molecule has 2 rings (SSSR count). The van der Waals surface area contributed by atoms with Gasteiger partial charge in [-0.15, -0.1) is 11.8 Å². The molecule has 16 heavy (non-hydrogen) atoms. The Hall–Kier alpha value is -0.700. The molecule has 1 aromatic rings. The normalized spacial score (nSPS) is 16.2. The minimum absolute atomic E-state index is 0.0802. The van der Waals surface area contributed by atoms with Gasteiger partial charge in [-0.25, -0.2) is 4.98 Å². The van der Waals surface area contributed by atoms with Crippen LogP contribution in [-0.4, -0.2) is 17.3 Å². The highest BCUT2D eigenvalue weighted by atomic mass is 32.2. The first kappa shape index (κ1) is 11.8. The highest BCUT2D eigenvalue weighted by Crippen LogP contribution is 2.39. The minimum Gasteiger partial charge on any atom is -0.490 e. The summed E-state index contributed by atoms with van der Waals surface area (Å²) in [4.78, 5) is 4.43. The summed E-state index contributed by atoms with van der Waals surface area (Å²) in [5, 5.41) is 1.09. The van der Waals surface area contributed by atoms with Crippen LogP contribution < -0.4 is 4.74 Å². The molecular weight excluding hydrogens is 218 g/mol. The van der Waals surface area contributed by atoms with E-state index >= 15 is 0 Å². The fourth-order valence-electron chi connectivity index (χ4n) is 1.73. The van der Waals surface area contributed by atoms with Gasteiger partial charge in [0.05, 0.1) is 6.10 Å². The largest absolute Gasteiger partial charge is 0.490 e. The summed E-state index contributed by atoms with van der Waals surface area (Å²) < 4.78 is 5.97. The number of rotatable bonds is 3. The lowest BCUT2D eigenvalue weighted by Gasteiger charge is -2.24. The monoisotopic (exact) mass is 237 g/mol. The molecule has 0 spiro atoms. The van der Waals surface area contributed by atoms with E-state index in [4.69, 9.17) is 4.74 Å². The lowest BCUT2D eigenvalue weighted by atomic mass is 9.87. The molecule has 0 saturated heterocycles. The summed E-state index contributed by atoms with van der Waals surface area (Å²) in [6.07, 6.45) is 6.75. The fraction of sp³-hybridized carbons (Fsp3) is 0.615. The first-order chi connectivity index (χ1) is 7.52. The van der Waals surface area contributed by atoms with E-state index in [0.717, 1.165) is 10.8 Å². The van der Waals surface area contributed by atoms with E-state index in [1.165, 1.54) is 18.4 Å². The Labute approximate surface area is 102 Å². The lowest BCUT2D eigenvalue weighted by molar-refractivity contribution is 0.292. The maximum absolute atomic E-state index is 5.97. The zero-order chi connectivity index (χ0) is 11.8. The van der Waals surface area contributed by atoms with Gasteiger partial charge in [0, 0.05) is 11.8 Å². The molecule has 0 aliphatic heterocycles. The maximum atomic E-state index is 5.97. The van der Waals surface area contributed by atoms with Crippen molar-refractivity contribution in [1.82, 2.24) is 4.98 Å².